The molecule has 0 radical (unpaired) electrons. The second-order valence-electron chi connectivity index (χ2n) is 4.82. The lowest BCUT2D eigenvalue weighted by Gasteiger charge is -2.11. The number of oxazole rings is 1. The minimum atomic E-state index is -0.954. The number of carboxylic acid groups (broad SMARTS) is 1. The number of nitrogens with zero attached hydrogens (tertiary/aromatic N) is 2. The molecule has 1 saturated heterocycles. The molecule has 0 aliphatic carbocycles. The molecular formula is C13H14N2O3. The van der Waals surface area contributed by atoms with Gasteiger partial charge in [0.15, 0.2) is 5.58 Å². The molecule has 94 valence electrons. The van der Waals surface area contributed by atoms with Crippen LogP contribution in [0.5, 0.6) is 0 Å². The number of aromatic carboxylic acids is 1. The molecule has 2 heterocycles. The second-order valence-corrected chi connectivity index (χ2v) is 4.82. The lowest BCUT2D eigenvalue weighted by molar-refractivity contribution is 0.0697. The van der Waals surface area contributed by atoms with E-state index < -0.39 is 5.97 Å². The van der Waals surface area contributed by atoms with Crippen LogP contribution >= 0.6 is 0 Å². The fourth-order valence-corrected chi connectivity index (χ4v) is 2.29. The van der Waals surface area contributed by atoms with Gasteiger partial charge in [-0.1, -0.05) is 6.92 Å². The van der Waals surface area contributed by atoms with Crippen LogP contribution in [0.3, 0.4) is 0 Å². The zero-order valence-corrected chi connectivity index (χ0v) is 10.1. The molecule has 3 rings (SSSR count). The molecule has 1 aliphatic rings. The largest absolute Gasteiger partial charge is 0.478 e. The summed E-state index contributed by atoms with van der Waals surface area (Å²) in [4.78, 5) is 17.4. The highest BCUT2D eigenvalue weighted by atomic mass is 16.4. The first-order valence-electron chi connectivity index (χ1n) is 6.02. The summed E-state index contributed by atoms with van der Waals surface area (Å²) in [6.45, 7) is 4.09. The van der Waals surface area contributed by atoms with Crippen LogP contribution < -0.4 is 4.90 Å². The van der Waals surface area contributed by atoms with Gasteiger partial charge in [-0.15, -0.1) is 0 Å². The van der Waals surface area contributed by atoms with Crippen LogP contribution in [0.15, 0.2) is 22.6 Å². The van der Waals surface area contributed by atoms with E-state index >= 15 is 0 Å². The summed E-state index contributed by atoms with van der Waals surface area (Å²) < 4.78 is 5.64. The Kier molecular flexibility index (Phi) is 2.47. The molecule has 1 atom stereocenters. The van der Waals surface area contributed by atoms with Crippen molar-refractivity contribution in [3.63, 3.8) is 0 Å². The predicted molar refractivity (Wildman–Crippen MR) is 67.0 cm³/mol. The molecule has 1 aromatic carbocycles. The summed E-state index contributed by atoms with van der Waals surface area (Å²) in [6.07, 6.45) is 1.14. The standard InChI is InChI=1S/C13H14N2O3/c1-8-4-5-15(7-8)13-14-10-3-2-9(12(16)17)6-11(10)18-13/h2-3,6,8H,4-5,7H2,1H3,(H,16,17). The van der Waals surface area contributed by atoms with E-state index in [1.807, 2.05) is 0 Å². The number of benzene rings is 1. The monoisotopic (exact) mass is 246 g/mol. The number of rotatable bonds is 2. The van der Waals surface area contributed by atoms with Crippen LogP contribution in [0.25, 0.3) is 11.1 Å². The minimum absolute atomic E-state index is 0.222. The molecule has 1 unspecified atom stereocenters. The van der Waals surface area contributed by atoms with Crippen molar-refractivity contribution < 1.29 is 14.3 Å². The molecule has 1 aromatic heterocycles. The SMILES string of the molecule is CC1CCN(c2nc3ccc(C(=O)O)cc3o2)C1. The molecule has 18 heavy (non-hydrogen) atoms. The number of hydrogen-bond donors (Lipinski definition) is 1. The normalized spacial score (nSPS) is 19.6. The van der Waals surface area contributed by atoms with E-state index in [0.717, 1.165) is 19.5 Å². The topological polar surface area (TPSA) is 66.6 Å². The Balaban J connectivity index is 1.98. The summed E-state index contributed by atoms with van der Waals surface area (Å²) >= 11 is 0. The van der Waals surface area contributed by atoms with Crippen molar-refractivity contribution in [1.82, 2.24) is 4.98 Å². The lowest BCUT2D eigenvalue weighted by Crippen LogP contribution is -2.19. The maximum Gasteiger partial charge on any atom is 0.335 e. The fourth-order valence-electron chi connectivity index (χ4n) is 2.29. The first-order valence-corrected chi connectivity index (χ1v) is 6.02. The summed E-state index contributed by atoms with van der Waals surface area (Å²) in [5, 5.41) is 8.92. The van der Waals surface area contributed by atoms with Gasteiger partial charge < -0.3 is 14.4 Å². The Bertz CT molecular complexity index is 605. The smallest absolute Gasteiger partial charge is 0.335 e. The van der Waals surface area contributed by atoms with Crippen LogP contribution in [0, 0.1) is 5.92 Å². The number of carbonyl (C=O) groups is 1. The quantitative estimate of drug-likeness (QED) is 0.881. The summed E-state index contributed by atoms with van der Waals surface area (Å²) in [7, 11) is 0. The van der Waals surface area contributed by atoms with E-state index in [1.165, 1.54) is 6.07 Å². The summed E-state index contributed by atoms with van der Waals surface area (Å²) in [5.74, 6) is -0.306. The van der Waals surface area contributed by atoms with Crippen molar-refractivity contribution in [3.8, 4) is 0 Å². The van der Waals surface area contributed by atoms with Crippen LogP contribution in [0.1, 0.15) is 23.7 Å². The molecule has 1 fully saturated rings. The van der Waals surface area contributed by atoms with Crippen molar-refractivity contribution in [1.29, 1.82) is 0 Å². The van der Waals surface area contributed by atoms with Gasteiger partial charge in [-0.05, 0) is 30.5 Å². The molecule has 0 bridgehead atoms. The number of aromatic nitrogens is 1. The highest BCUT2D eigenvalue weighted by molar-refractivity contribution is 5.92. The molecule has 2 aromatic rings. The Hall–Kier alpha value is -2.04. The van der Waals surface area contributed by atoms with E-state index in [2.05, 4.69) is 16.8 Å². The Labute approximate surface area is 104 Å². The number of hydrogen-bond acceptors (Lipinski definition) is 4. The first-order chi connectivity index (χ1) is 8.63. The molecule has 1 N–H and O–H groups in total. The molecule has 5 heteroatoms. The Morgan fingerprint density at radius 3 is 3.06 bits per heavy atom. The third-order valence-corrected chi connectivity index (χ3v) is 3.32. The zero-order valence-electron chi connectivity index (χ0n) is 10.1. The Morgan fingerprint density at radius 1 is 1.56 bits per heavy atom. The maximum absolute atomic E-state index is 10.9. The van der Waals surface area contributed by atoms with Crippen LogP contribution in [0.4, 0.5) is 6.01 Å². The van der Waals surface area contributed by atoms with Crippen LogP contribution in [0.2, 0.25) is 0 Å². The van der Waals surface area contributed by atoms with E-state index in [4.69, 9.17) is 9.52 Å². The van der Waals surface area contributed by atoms with Crippen LogP contribution in [-0.4, -0.2) is 29.1 Å². The molecule has 0 saturated carbocycles. The average Bonchev–Trinajstić information content (AvgIpc) is 2.93. The Morgan fingerprint density at radius 2 is 2.39 bits per heavy atom. The molecule has 0 amide bonds. The fraction of sp³-hybridized carbons (Fsp3) is 0.385. The number of fused-ring (bicyclic) bond motifs is 1. The van der Waals surface area contributed by atoms with E-state index in [9.17, 15) is 4.79 Å². The molecule has 1 aliphatic heterocycles. The van der Waals surface area contributed by atoms with Gasteiger partial charge in [-0.3, -0.25) is 0 Å². The van der Waals surface area contributed by atoms with Gasteiger partial charge in [0.2, 0.25) is 0 Å². The second kappa shape index (κ2) is 4.01. The van der Waals surface area contributed by atoms with Crippen molar-refractivity contribution >= 4 is 23.1 Å². The van der Waals surface area contributed by atoms with Gasteiger partial charge in [0.25, 0.3) is 6.01 Å². The third kappa shape index (κ3) is 1.81. The van der Waals surface area contributed by atoms with Crippen molar-refractivity contribution in [2.45, 2.75) is 13.3 Å². The van der Waals surface area contributed by atoms with Gasteiger partial charge in [-0.25, -0.2) is 4.79 Å². The van der Waals surface area contributed by atoms with Gasteiger partial charge in [-0.2, -0.15) is 4.98 Å². The van der Waals surface area contributed by atoms with Crippen LogP contribution in [-0.2, 0) is 0 Å². The summed E-state index contributed by atoms with van der Waals surface area (Å²) in [5.41, 5.74) is 1.46. The highest BCUT2D eigenvalue weighted by Crippen LogP contribution is 2.27. The predicted octanol–water partition coefficient (Wildman–Crippen LogP) is 2.37. The molecular weight excluding hydrogens is 232 g/mol. The van der Waals surface area contributed by atoms with Crippen molar-refractivity contribution in [2.75, 3.05) is 18.0 Å². The van der Waals surface area contributed by atoms with E-state index in [0.29, 0.717) is 23.0 Å². The van der Waals surface area contributed by atoms with E-state index in [-0.39, 0.29) is 5.56 Å². The zero-order chi connectivity index (χ0) is 12.7. The third-order valence-electron chi connectivity index (χ3n) is 3.32. The van der Waals surface area contributed by atoms with E-state index in [1.54, 1.807) is 12.1 Å². The van der Waals surface area contributed by atoms with Crippen molar-refractivity contribution in [3.05, 3.63) is 23.8 Å². The van der Waals surface area contributed by atoms with Gasteiger partial charge in [0, 0.05) is 13.1 Å². The highest BCUT2D eigenvalue weighted by Gasteiger charge is 2.23. The summed E-state index contributed by atoms with van der Waals surface area (Å²) in [6, 6.07) is 5.35. The average molecular weight is 246 g/mol. The maximum atomic E-state index is 10.9. The lowest BCUT2D eigenvalue weighted by atomic mass is 10.2. The van der Waals surface area contributed by atoms with Gasteiger partial charge in [0.05, 0.1) is 5.56 Å². The number of anilines is 1. The minimum Gasteiger partial charge on any atom is -0.478 e. The van der Waals surface area contributed by atoms with Crippen molar-refractivity contribution in [2.24, 2.45) is 5.92 Å². The van der Waals surface area contributed by atoms with Gasteiger partial charge in [0.1, 0.15) is 5.52 Å². The van der Waals surface area contributed by atoms with Gasteiger partial charge >= 0.3 is 5.97 Å². The first kappa shape index (κ1) is 11.1. The molecule has 0 spiro atoms. The number of carboxylic acids is 1. The molecule has 5 nitrogen and oxygen atoms in total.